The van der Waals surface area contributed by atoms with Crippen LogP contribution < -0.4 is 0 Å². The first kappa shape index (κ1) is 7.54. The molecule has 0 N–H and O–H groups in total. The van der Waals surface area contributed by atoms with Crippen LogP contribution in [0.3, 0.4) is 0 Å². The number of ether oxygens (including phenoxy) is 2. The Kier molecular flexibility index (Phi) is 2.27. The van der Waals surface area contributed by atoms with Crippen molar-refractivity contribution in [1.29, 1.82) is 0 Å². The maximum absolute atomic E-state index is 10.4. The van der Waals surface area contributed by atoms with Crippen LogP contribution in [-0.2, 0) is 14.3 Å². The fourth-order valence-electron chi connectivity index (χ4n) is 1.00. The molecule has 0 aliphatic carbocycles. The van der Waals surface area contributed by atoms with Crippen LogP contribution in [0, 0.1) is 5.92 Å². The second-order valence-electron chi connectivity index (χ2n) is 2.71. The van der Waals surface area contributed by atoms with Gasteiger partial charge in [0.25, 0.3) is 0 Å². The zero-order valence-electron chi connectivity index (χ0n) is 6.29. The maximum Gasteiger partial charge on any atom is 0.304 e. The molecule has 3 heteroatoms. The molecule has 0 amide bonds. The van der Waals surface area contributed by atoms with E-state index in [9.17, 15) is 4.79 Å². The quantitative estimate of drug-likeness (QED) is 0.513. The number of rotatable bonds is 1. The van der Waals surface area contributed by atoms with Crippen molar-refractivity contribution in [3.8, 4) is 0 Å². The minimum atomic E-state index is -0.285. The van der Waals surface area contributed by atoms with E-state index in [0.717, 1.165) is 6.42 Å². The minimum Gasteiger partial charge on any atom is -0.436 e. The molecular weight excluding hydrogens is 132 g/mol. The van der Waals surface area contributed by atoms with Gasteiger partial charge in [0.2, 0.25) is 6.29 Å². The van der Waals surface area contributed by atoms with E-state index < -0.39 is 0 Å². The summed E-state index contributed by atoms with van der Waals surface area (Å²) in [7, 11) is 0. The summed E-state index contributed by atoms with van der Waals surface area (Å²) in [5, 5.41) is 0. The van der Waals surface area contributed by atoms with E-state index in [2.05, 4.69) is 6.92 Å². The van der Waals surface area contributed by atoms with Gasteiger partial charge in [-0.05, 0) is 5.92 Å². The second-order valence-corrected chi connectivity index (χ2v) is 2.71. The molecule has 1 rings (SSSR count). The lowest BCUT2D eigenvalue weighted by Gasteiger charge is -2.07. The lowest BCUT2D eigenvalue weighted by Crippen LogP contribution is -2.13. The van der Waals surface area contributed by atoms with E-state index in [1.807, 2.05) is 0 Å². The van der Waals surface area contributed by atoms with Crippen LogP contribution in [0.1, 0.15) is 20.3 Å². The molecule has 0 aromatic heterocycles. The lowest BCUT2D eigenvalue weighted by atomic mass is 10.1. The van der Waals surface area contributed by atoms with E-state index in [-0.39, 0.29) is 12.3 Å². The highest BCUT2D eigenvalue weighted by molar-refractivity contribution is 5.66. The first-order valence-electron chi connectivity index (χ1n) is 3.47. The molecule has 1 aliphatic rings. The Labute approximate surface area is 60.3 Å². The molecule has 10 heavy (non-hydrogen) atoms. The van der Waals surface area contributed by atoms with Crippen molar-refractivity contribution in [2.75, 3.05) is 6.61 Å². The van der Waals surface area contributed by atoms with Crippen LogP contribution in [0.15, 0.2) is 0 Å². The van der Waals surface area contributed by atoms with Crippen molar-refractivity contribution in [2.24, 2.45) is 5.92 Å². The van der Waals surface area contributed by atoms with Crippen LogP contribution >= 0.6 is 0 Å². The average Bonchev–Trinajstić information content (AvgIpc) is 2.13. The average molecular weight is 144 g/mol. The Morgan fingerprint density at radius 3 is 2.80 bits per heavy atom. The Morgan fingerprint density at radius 1 is 1.70 bits per heavy atom. The van der Waals surface area contributed by atoms with Gasteiger partial charge in [0.15, 0.2) is 0 Å². The topological polar surface area (TPSA) is 35.5 Å². The summed E-state index contributed by atoms with van der Waals surface area (Å²) in [6.45, 7) is 4.17. The third-order valence-corrected chi connectivity index (χ3v) is 1.46. The Bertz CT molecular complexity index is 133. The summed E-state index contributed by atoms with van der Waals surface area (Å²) in [4.78, 5) is 10.4. The molecule has 0 bridgehead atoms. The molecule has 0 aromatic rings. The molecule has 0 radical (unpaired) electrons. The van der Waals surface area contributed by atoms with Gasteiger partial charge in [0.1, 0.15) is 0 Å². The SMILES string of the molecule is CC(=O)O[C@@H]1C[C@H](C)CO1. The maximum atomic E-state index is 10.4. The summed E-state index contributed by atoms with van der Waals surface area (Å²) in [5.41, 5.74) is 0. The third-order valence-electron chi connectivity index (χ3n) is 1.46. The molecule has 0 spiro atoms. The molecule has 1 aliphatic heterocycles. The monoisotopic (exact) mass is 144 g/mol. The highest BCUT2D eigenvalue weighted by Crippen LogP contribution is 2.19. The smallest absolute Gasteiger partial charge is 0.304 e. The zero-order chi connectivity index (χ0) is 7.56. The van der Waals surface area contributed by atoms with Gasteiger partial charge in [-0.3, -0.25) is 4.79 Å². The summed E-state index contributed by atoms with van der Waals surface area (Å²) < 4.78 is 9.95. The minimum absolute atomic E-state index is 0.265. The van der Waals surface area contributed by atoms with Crippen molar-refractivity contribution in [1.82, 2.24) is 0 Å². The Balaban J connectivity index is 2.24. The summed E-state index contributed by atoms with van der Waals surface area (Å²) in [5.74, 6) is 0.253. The first-order chi connectivity index (χ1) is 4.68. The van der Waals surface area contributed by atoms with E-state index in [4.69, 9.17) is 9.47 Å². The molecule has 0 saturated carbocycles. The molecular formula is C7H12O3. The third kappa shape index (κ3) is 1.99. The number of hydrogen-bond donors (Lipinski definition) is 0. The molecule has 1 saturated heterocycles. The molecule has 0 aromatic carbocycles. The van der Waals surface area contributed by atoms with Crippen LogP contribution in [0.25, 0.3) is 0 Å². The molecule has 0 unspecified atom stereocenters. The van der Waals surface area contributed by atoms with E-state index in [0.29, 0.717) is 12.5 Å². The summed E-state index contributed by atoms with van der Waals surface area (Å²) in [6, 6.07) is 0. The molecule has 1 heterocycles. The van der Waals surface area contributed by atoms with Gasteiger partial charge in [0.05, 0.1) is 6.61 Å². The van der Waals surface area contributed by atoms with E-state index >= 15 is 0 Å². The number of carbonyl (C=O) groups excluding carboxylic acids is 1. The van der Waals surface area contributed by atoms with Crippen molar-refractivity contribution >= 4 is 5.97 Å². The molecule has 3 nitrogen and oxygen atoms in total. The van der Waals surface area contributed by atoms with E-state index in [1.54, 1.807) is 0 Å². The van der Waals surface area contributed by atoms with Crippen molar-refractivity contribution < 1.29 is 14.3 Å². The summed E-state index contributed by atoms with van der Waals surface area (Å²) in [6.07, 6.45) is 0.548. The van der Waals surface area contributed by atoms with Crippen LogP contribution in [-0.4, -0.2) is 18.9 Å². The predicted molar refractivity (Wildman–Crippen MR) is 35.3 cm³/mol. The highest BCUT2D eigenvalue weighted by atomic mass is 16.7. The fourth-order valence-corrected chi connectivity index (χ4v) is 1.00. The molecule has 2 atom stereocenters. The largest absolute Gasteiger partial charge is 0.436 e. The van der Waals surface area contributed by atoms with Gasteiger partial charge < -0.3 is 9.47 Å². The van der Waals surface area contributed by atoms with Gasteiger partial charge in [-0.2, -0.15) is 0 Å². The van der Waals surface area contributed by atoms with Gasteiger partial charge in [-0.25, -0.2) is 0 Å². The fraction of sp³-hybridized carbons (Fsp3) is 0.857. The molecule has 58 valence electrons. The second kappa shape index (κ2) is 3.01. The van der Waals surface area contributed by atoms with Gasteiger partial charge >= 0.3 is 5.97 Å². The van der Waals surface area contributed by atoms with Crippen LogP contribution in [0.5, 0.6) is 0 Å². The molecule has 1 fully saturated rings. The Hall–Kier alpha value is -0.570. The normalized spacial score (nSPS) is 32.2. The predicted octanol–water partition coefficient (Wildman–Crippen LogP) is 0.932. The van der Waals surface area contributed by atoms with Crippen LogP contribution in [0.4, 0.5) is 0 Å². The highest BCUT2D eigenvalue weighted by Gasteiger charge is 2.23. The summed E-state index contributed by atoms with van der Waals surface area (Å²) >= 11 is 0. The van der Waals surface area contributed by atoms with Gasteiger partial charge in [-0.15, -0.1) is 0 Å². The first-order valence-corrected chi connectivity index (χ1v) is 3.47. The standard InChI is InChI=1S/C7H12O3/c1-5-3-7(9-4-5)10-6(2)8/h5,7H,3-4H2,1-2H3/t5-,7+/m0/s1. The van der Waals surface area contributed by atoms with Gasteiger partial charge in [0, 0.05) is 13.3 Å². The van der Waals surface area contributed by atoms with Crippen molar-refractivity contribution in [3.05, 3.63) is 0 Å². The number of carbonyl (C=O) groups is 1. The number of esters is 1. The number of hydrogen-bond acceptors (Lipinski definition) is 3. The van der Waals surface area contributed by atoms with Crippen molar-refractivity contribution in [3.63, 3.8) is 0 Å². The van der Waals surface area contributed by atoms with Crippen LogP contribution in [0.2, 0.25) is 0 Å². The Morgan fingerprint density at radius 2 is 2.40 bits per heavy atom. The van der Waals surface area contributed by atoms with Gasteiger partial charge in [-0.1, -0.05) is 6.92 Å². The lowest BCUT2D eigenvalue weighted by molar-refractivity contribution is -0.166. The van der Waals surface area contributed by atoms with Crippen molar-refractivity contribution in [2.45, 2.75) is 26.6 Å². The zero-order valence-corrected chi connectivity index (χ0v) is 6.29. The van der Waals surface area contributed by atoms with E-state index in [1.165, 1.54) is 6.92 Å².